The minimum Gasteiger partial charge on any atom is -0.481 e. The summed E-state index contributed by atoms with van der Waals surface area (Å²) in [4.78, 5) is 10.1. The van der Waals surface area contributed by atoms with Gasteiger partial charge in [-0.2, -0.15) is 16.8 Å². The highest BCUT2D eigenvalue weighted by Gasteiger charge is 2.42. The minimum atomic E-state index is -5.48. The van der Waals surface area contributed by atoms with Crippen LogP contribution in [-0.4, -0.2) is 56.9 Å². The summed E-state index contributed by atoms with van der Waals surface area (Å²) in [7, 11) is -6.74. The summed E-state index contributed by atoms with van der Waals surface area (Å²) in [5, 5.41) is 12.8. The first kappa shape index (κ1) is 36.0. The Labute approximate surface area is 298 Å². The molecule has 0 aliphatic carbocycles. The third kappa shape index (κ3) is 5.81. The Bertz CT molecular complexity index is 2580. The van der Waals surface area contributed by atoms with Gasteiger partial charge in [-0.15, -0.1) is 35.7 Å². The van der Waals surface area contributed by atoms with E-state index in [4.69, 9.17) is 4.74 Å². The topological polar surface area (TPSA) is 170 Å². The molecular formula is C32H27F2N2O9S5+. The predicted molar refractivity (Wildman–Crippen MR) is 189 cm³/mol. The van der Waals surface area contributed by atoms with Gasteiger partial charge in [-0.3, -0.25) is 13.9 Å². The molecule has 1 aromatic heterocycles. The van der Waals surface area contributed by atoms with Crippen molar-refractivity contribution >= 4 is 78.1 Å². The molecular weight excluding hydrogens is 755 g/mol. The van der Waals surface area contributed by atoms with Crippen LogP contribution in [0.1, 0.15) is 36.1 Å². The molecule has 50 heavy (non-hydrogen) atoms. The molecule has 11 nitrogen and oxygen atoms in total. The van der Waals surface area contributed by atoms with Gasteiger partial charge in [0.2, 0.25) is 5.36 Å². The maximum Gasteiger partial charge on any atom is 0.313 e. The standard InChI is InChI=1S/C32H26F2N2O9S5/c1-13(46)14-6-16-22(10-20(14)35-4)45-23-11-21-15(30-18(32(2,3)36(21)5)8-26(48-30)49(39,40)41)7-17(23)27(16)28-29(34)24(47-12-25(37)38)9-19(33)31(28)50(42,43)44/h6-11H,1,12H2,2-5H3,(H4,37,38,39,40,41,42,43,44,46)/p+1. The van der Waals surface area contributed by atoms with E-state index in [1.54, 1.807) is 20.2 Å². The smallest absolute Gasteiger partial charge is 0.313 e. The van der Waals surface area contributed by atoms with Crippen molar-refractivity contribution in [1.82, 2.24) is 4.58 Å². The third-order valence-electron chi connectivity index (χ3n) is 8.62. The number of rotatable bonds is 8. The molecule has 6 rings (SSSR count). The zero-order valence-electron chi connectivity index (χ0n) is 26.5. The number of thiophene rings is 1. The van der Waals surface area contributed by atoms with Crippen LogP contribution in [0.25, 0.3) is 20.9 Å². The van der Waals surface area contributed by atoms with Crippen LogP contribution in [0.4, 0.5) is 14.5 Å². The largest absolute Gasteiger partial charge is 0.481 e. The number of thioether (sulfide) groups is 1. The summed E-state index contributed by atoms with van der Waals surface area (Å²) in [5.74, 6) is -4.78. The summed E-state index contributed by atoms with van der Waals surface area (Å²) in [6.07, 6.45) is 0. The zero-order valence-corrected chi connectivity index (χ0v) is 30.6. The van der Waals surface area contributed by atoms with Crippen LogP contribution < -0.4 is 25.2 Å². The highest BCUT2D eigenvalue weighted by atomic mass is 32.3. The molecule has 2 aliphatic rings. The van der Waals surface area contributed by atoms with Crippen molar-refractivity contribution in [2.75, 3.05) is 25.2 Å². The van der Waals surface area contributed by atoms with Gasteiger partial charge >= 0.3 is 16.1 Å². The molecule has 262 valence electrons. The minimum absolute atomic E-state index is 0.0219. The van der Waals surface area contributed by atoms with Crippen LogP contribution >= 0.6 is 35.7 Å². The fourth-order valence-electron chi connectivity index (χ4n) is 6.08. The van der Waals surface area contributed by atoms with Crippen molar-refractivity contribution in [3.63, 3.8) is 0 Å². The summed E-state index contributed by atoms with van der Waals surface area (Å²) in [6.45, 7) is 7.54. The SMILES string of the molecule is C=C(S)c1cc2c(cc1NC)Oc1cc3c(cc1=C2c1c(F)c(SCC(=O)O)cc(F)c1S(=O)(=O)O)-c1sc(S(=O)(=O)O)cc1C(C)(C)[N+]=3C. The molecule has 0 fully saturated rings. The lowest BCUT2D eigenvalue weighted by molar-refractivity contribution is -0.133. The first-order chi connectivity index (χ1) is 23.2. The number of benzene rings is 3. The number of halogens is 2. The number of hydrogen-bond donors (Lipinski definition) is 5. The highest BCUT2D eigenvalue weighted by molar-refractivity contribution is 8.00. The summed E-state index contributed by atoms with van der Waals surface area (Å²) >= 11 is 5.57. The average molecular weight is 782 g/mol. The Morgan fingerprint density at radius 3 is 2.32 bits per heavy atom. The van der Waals surface area contributed by atoms with Gasteiger partial charge in [-0.25, -0.2) is 13.4 Å². The van der Waals surface area contributed by atoms with E-state index >= 15 is 8.78 Å². The zero-order chi connectivity index (χ0) is 36.8. The molecule has 4 aromatic rings. The van der Waals surface area contributed by atoms with Crippen LogP contribution in [0.15, 0.2) is 57.0 Å². The second-order valence-corrected chi connectivity index (χ2v) is 17.5. The molecule has 2 aliphatic heterocycles. The van der Waals surface area contributed by atoms with Crippen molar-refractivity contribution in [2.24, 2.45) is 0 Å². The fourth-order valence-corrected chi connectivity index (χ4v) is 9.73. The van der Waals surface area contributed by atoms with Gasteiger partial charge < -0.3 is 15.2 Å². The fraction of sp³-hybridized carbons (Fsp3) is 0.188. The van der Waals surface area contributed by atoms with E-state index in [2.05, 4.69) is 24.5 Å². The molecule has 0 spiro atoms. The van der Waals surface area contributed by atoms with Crippen molar-refractivity contribution in [2.45, 2.75) is 33.4 Å². The Kier molecular flexibility index (Phi) is 8.77. The quantitative estimate of drug-likeness (QED) is 0.0620. The monoisotopic (exact) mass is 781 g/mol. The van der Waals surface area contributed by atoms with Crippen LogP contribution in [0.3, 0.4) is 0 Å². The Morgan fingerprint density at radius 1 is 1.06 bits per heavy atom. The number of anilines is 1. The number of carboxylic acid groups (broad SMARTS) is 1. The molecule has 0 bridgehead atoms. The number of nitrogens with one attached hydrogen (secondary N) is 1. The van der Waals surface area contributed by atoms with E-state index in [1.165, 1.54) is 24.3 Å². The first-order valence-electron chi connectivity index (χ1n) is 14.3. The Hall–Kier alpha value is -3.78. The van der Waals surface area contributed by atoms with Gasteiger partial charge in [0.1, 0.15) is 39.3 Å². The maximum atomic E-state index is 16.8. The van der Waals surface area contributed by atoms with Crippen LogP contribution in [0.5, 0.6) is 11.5 Å². The number of carbonyl (C=O) groups is 1. The van der Waals surface area contributed by atoms with Gasteiger partial charge in [-0.05, 0) is 24.3 Å². The highest BCUT2D eigenvalue weighted by Crippen LogP contribution is 2.47. The molecule has 18 heteroatoms. The molecule has 4 N–H and O–H groups in total. The van der Waals surface area contributed by atoms with E-state index in [-0.39, 0.29) is 37.0 Å². The van der Waals surface area contributed by atoms with Crippen LogP contribution in [0, 0.1) is 11.6 Å². The summed E-state index contributed by atoms with van der Waals surface area (Å²) < 4.78 is 111. The second kappa shape index (κ2) is 12.2. The lowest BCUT2D eigenvalue weighted by atomic mass is 9.86. The molecule has 3 heterocycles. The Balaban J connectivity index is 1.87. The average Bonchev–Trinajstić information content (AvgIpc) is 3.49. The number of carboxylic acids is 1. The first-order valence-corrected chi connectivity index (χ1v) is 19.5. The number of aliphatic carboxylic acids is 1. The van der Waals surface area contributed by atoms with Crippen molar-refractivity contribution in [1.29, 1.82) is 0 Å². The van der Waals surface area contributed by atoms with Gasteiger partial charge in [0, 0.05) is 75.5 Å². The maximum absolute atomic E-state index is 16.8. The number of ether oxygens (including phenoxy) is 1. The van der Waals surface area contributed by atoms with Gasteiger partial charge in [-0.1, -0.05) is 6.58 Å². The van der Waals surface area contributed by atoms with E-state index in [9.17, 15) is 35.8 Å². The molecule has 3 aromatic carbocycles. The van der Waals surface area contributed by atoms with Gasteiger partial charge in [0.15, 0.2) is 5.54 Å². The molecule has 0 unspecified atom stereocenters. The Morgan fingerprint density at radius 2 is 1.74 bits per heavy atom. The lowest BCUT2D eigenvalue weighted by Gasteiger charge is -2.28. The second-order valence-electron chi connectivity index (χ2n) is 11.9. The normalized spacial score (nSPS) is 14.7. The van der Waals surface area contributed by atoms with Crippen LogP contribution in [0.2, 0.25) is 0 Å². The van der Waals surface area contributed by atoms with E-state index in [0.29, 0.717) is 50.4 Å². The number of thiol groups is 1. The van der Waals surface area contributed by atoms with E-state index in [1.807, 2.05) is 18.4 Å². The summed E-state index contributed by atoms with van der Waals surface area (Å²) in [6, 6.07) is 7.94. The third-order valence-corrected chi connectivity index (χ3v) is 13.2. The lowest BCUT2D eigenvalue weighted by Crippen LogP contribution is -2.46. The molecule has 0 amide bonds. The van der Waals surface area contributed by atoms with Crippen molar-refractivity contribution in [3.8, 4) is 21.9 Å². The number of fused-ring (bicyclic) bond motifs is 5. The summed E-state index contributed by atoms with van der Waals surface area (Å²) in [5.41, 5.74) is -0.156. The number of nitrogens with zero attached hydrogens (tertiary/aromatic N) is 1. The molecule has 0 atom stereocenters. The van der Waals surface area contributed by atoms with Crippen molar-refractivity contribution in [3.05, 3.63) is 87.4 Å². The van der Waals surface area contributed by atoms with Crippen molar-refractivity contribution < 1.29 is 49.4 Å². The molecule has 0 saturated heterocycles. The molecule has 0 saturated carbocycles. The van der Waals surface area contributed by atoms with Gasteiger partial charge in [0.25, 0.3) is 10.1 Å². The van der Waals surface area contributed by atoms with Gasteiger partial charge in [0.05, 0.1) is 22.3 Å². The van der Waals surface area contributed by atoms with Crippen LogP contribution in [-0.2, 0) is 30.6 Å². The number of hydrogen-bond acceptors (Lipinski definition) is 10. The van der Waals surface area contributed by atoms with E-state index < -0.39 is 64.5 Å². The predicted octanol–water partition coefficient (Wildman–Crippen LogP) is 5.03. The van der Waals surface area contributed by atoms with E-state index in [0.717, 1.165) is 11.3 Å². The molecule has 0 radical (unpaired) electrons.